The number of nitriles is 1. The maximum Gasteiger partial charge on any atom is 0.409 e. The Morgan fingerprint density at radius 1 is 1.08 bits per heavy atom. The molecule has 1 amide bonds. The molecule has 0 unspecified atom stereocenters. The van der Waals surface area contributed by atoms with E-state index in [4.69, 9.17) is 27.9 Å². The van der Waals surface area contributed by atoms with Crippen LogP contribution in [0.3, 0.4) is 0 Å². The van der Waals surface area contributed by atoms with Crippen molar-refractivity contribution in [2.24, 2.45) is 5.41 Å². The zero-order chi connectivity index (χ0) is 27.5. The SMILES string of the molecule is CC(C)(C)C[C@@H]1N[C@H](OC(=O)NCc2ccc(O)cc2)[C@H](c2cccc(Cl)c2)[C@@]1(C#N)c1ccc(Cl)cc1. The monoisotopic (exact) mass is 551 g/mol. The summed E-state index contributed by atoms with van der Waals surface area (Å²) in [7, 11) is 0. The van der Waals surface area contributed by atoms with Crippen LogP contribution in [0, 0.1) is 16.7 Å². The van der Waals surface area contributed by atoms with Crippen molar-refractivity contribution in [3.63, 3.8) is 0 Å². The molecule has 0 radical (unpaired) electrons. The molecule has 3 aromatic rings. The van der Waals surface area contributed by atoms with Gasteiger partial charge in [-0.2, -0.15) is 5.26 Å². The van der Waals surface area contributed by atoms with Crippen LogP contribution < -0.4 is 10.6 Å². The van der Waals surface area contributed by atoms with Crippen LogP contribution in [-0.4, -0.2) is 23.5 Å². The average molecular weight is 553 g/mol. The Morgan fingerprint density at radius 2 is 1.76 bits per heavy atom. The molecule has 1 aliphatic heterocycles. The van der Waals surface area contributed by atoms with E-state index in [1.807, 2.05) is 30.3 Å². The fourth-order valence-corrected chi connectivity index (χ4v) is 5.54. The van der Waals surface area contributed by atoms with Crippen molar-refractivity contribution in [3.05, 3.63) is 99.5 Å². The zero-order valence-corrected chi connectivity index (χ0v) is 23.1. The first-order valence-electron chi connectivity index (χ1n) is 12.4. The van der Waals surface area contributed by atoms with Crippen molar-refractivity contribution in [3.8, 4) is 11.8 Å². The van der Waals surface area contributed by atoms with E-state index in [1.54, 1.807) is 42.5 Å². The van der Waals surface area contributed by atoms with Gasteiger partial charge in [-0.3, -0.25) is 5.32 Å². The minimum absolute atomic E-state index is 0.124. The summed E-state index contributed by atoms with van der Waals surface area (Å²) in [5.41, 5.74) is 1.18. The van der Waals surface area contributed by atoms with Gasteiger partial charge in [0.15, 0.2) is 6.23 Å². The van der Waals surface area contributed by atoms with Gasteiger partial charge in [-0.15, -0.1) is 0 Å². The Hall–Kier alpha value is -3.24. The van der Waals surface area contributed by atoms with Gasteiger partial charge in [0.2, 0.25) is 0 Å². The van der Waals surface area contributed by atoms with Gasteiger partial charge >= 0.3 is 6.09 Å². The molecule has 1 aliphatic rings. The number of nitrogens with one attached hydrogen (secondary N) is 2. The third kappa shape index (κ3) is 6.07. The number of aromatic hydroxyl groups is 1. The van der Waals surface area contributed by atoms with Gasteiger partial charge in [0.25, 0.3) is 0 Å². The van der Waals surface area contributed by atoms with E-state index in [9.17, 15) is 15.2 Å². The number of hydrogen-bond donors (Lipinski definition) is 3. The molecule has 0 spiro atoms. The number of carbonyl (C=O) groups excluding carboxylic acids is 1. The topological polar surface area (TPSA) is 94.4 Å². The molecule has 1 heterocycles. The molecule has 0 saturated carbocycles. The first kappa shape index (κ1) is 27.8. The van der Waals surface area contributed by atoms with Crippen LogP contribution in [-0.2, 0) is 16.7 Å². The fraction of sp³-hybridized carbons (Fsp3) is 0.333. The average Bonchev–Trinajstić information content (AvgIpc) is 3.15. The molecule has 0 bridgehead atoms. The number of ether oxygens (including phenoxy) is 1. The molecule has 4 rings (SSSR count). The number of carbonyl (C=O) groups is 1. The highest BCUT2D eigenvalue weighted by Gasteiger charge is 2.59. The number of phenolic OH excluding ortho intramolecular Hbond substituents is 1. The third-order valence-electron chi connectivity index (χ3n) is 6.85. The number of amides is 1. The zero-order valence-electron chi connectivity index (χ0n) is 21.5. The lowest BCUT2D eigenvalue weighted by molar-refractivity contribution is 0.0742. The molecule has 4 atom stereocenters. The van der Waals surface area contributed by atoms with E-state index in [0.29, 0.717) is 16.5 Å². The van der Waals surface area contributed by atoms with Crippen LogP contribution in [0.4, 0.5) is 4.79 Å². The molecule has 8 heteroatoms. The van der Waals surface area contributed by atoms with E-state index in [0.717, 1.165) is 16.7 Å². The van der Waals surface area contributed by atoms with Crippen molar-refractivity contribution in [1.82, 2.24) is 10.6 Å². The summed E-state index contributed by atoms with van der Waals surface area (Å²) in [5.74, 6) is -0.407. The Balaban J connectivity index is 1.73. The molecule has 3 aromatic carbocycles. The Labute approximate surface area is 233 Å². The summed E-state index contributed by atoms with van der Waals surface area (Å²) in [6.45, 7) is 6.57. The fourth-order valence-electron chi connectivity index (χ4n) is 5.22. The molecule has 1 saturated heterocycles. The summed E-state index contributed by atoms with van der Waals surface area (Å²) in [4.78, 5) is 13.0. The van der Waals surface area contributed by atoms with Crippen molar-refractivity contribution < 1.29 is 14.6 Å². The Morgan fingerprint density at radius 3 is 2.37 bits per heavy atom. The summed E-state index contributed by atoms with van der Waals surface area (Å²) < 4.78 is 5.98. The quantitative estimate of drug-likeness (QED) is 0.309. The van der Waals surface area contributed by atoms with Crippen LogP contribution >= 0.6 is 23.2 Å². The standard InChI is InChI=1S/C30H31Cl2N3O3/c1-29(2,3)16-25-30(18-33,21-9-11-22(31)12-10-21)26(20-5-4-6-23(32)15-20)27(35-25)38-28(37)34-17-19-7-13-24(36)14-8-19/h4-15,25-27,35-36H,16-17H2,1-3H3,(H,34,37)/t25-,26-,27+,30-/m0/s1. The summed E-state index contributed by atoms with van der Waals surface area (Å²) in [5, 5.41) is 27.8. The van der Waals surface area contributed by atoms with Crippen molar-refractivity contribution >= 4 is 29.3 Å². The number of alkyl carbamates (subject to hydrolysis) is 1. The lowest BCUT2D eigenvalue weighted by atomic mass is 9.64. The van der Waals surface area contributed by atoms with Crippen LogP contribution in [0.15, 0.2) is 72.8 Å². The Bertz CT molecular complexity index is 1320. The molecule has 0 aliphatic carbocycles. The molecule has 3 N–H and O–H groups in total. The molecular formula is C30H31Cl2N3O3. The van der Waals surface area contributed by atoms with E-state index in [2.05, 4.69) is 37.5 Å². The van der Waals surface area contributed by atoms with Crippen LogP contribution in [0.25, 0.3) is 0 Å². The predicted molar refractivity (Wildman–Crippen MR) is 149 cm³/mol. The highest BCUT2D eigenvalue weighted by atomic mass is 35.5. The summed E-state index contributed by atoms with van der Waals surface area (Å²) in [6, 6.07) is 23.5. The van der Waals surface area contributed by atoms with E-state index >= 15 is 0 Å². The maximum absolute atomic E-state index is 13.0. The molecule has 198 valence electrons. The normalized spacial score (nSPS) is 23.0. The molecule has 1 fully saturated rings. The lowest BCUT2D eigenvalue weighted by Crippen LogP contribution is -2.44. The number of hydrogen-bond acceptors (Lipinski definition) is 5. The van der Waals surface area contributed by atoms with Crippen LogP contribution in [0.1, 0.15) is 49.8 Å². The minimum atomic E-state index is -1.08. The second-order valence-electron chi connectivity index (χ2n) is 10.9. The van der Waals surface area contributed by atoms with Gasteiger partial charge in [-0.05, 0) is 64.9 Å². The summed E-state index contributed by atoms with van der Waals surface area (Å²) in [6.07, 6.45) is -0.784. The van der Waals surface area contributed by atoms with Crippen molar-refractivity contribution in [2.45, 2.75) is 57.3 Å². The number of nitrogens with zero attached hydrogens (tertiary/aromatic N) is 1. The minimum Gasteiger partial charge on any atom is -0.508 e. The van der Waals surface area contributed by atoms with Gasteiger partial charge in [0.05, 0.1) is 12.0 Å². The molecule has 6 nitrogen and oxygen atoms in total. The second kappa shape index (κ2) is 11.2. The van der Waals surface area contributed by atoms with Crippen molar-refractivity contribution in [1.29, 1.82) is 5.26 Å². The summed E-state index contributed by atoms with van der Waals surface area (Å²) >= 11 is 12.6. The van der Waals surface area contributed by atoms with E-state index in [1.165, 1.54) is 0 Å². The smallest absolute Gasteiger partial charge is 0.409 e. The number of benzene rings is 3. The first-order valence-corrected chi connectivity index (χ1v) is 13.2. The second-order valence-corrected chi connectivity index (χ2v) is 11.7. The van der Waals surface area contributed by atoms with Crippen LogP contribution in [0.2, 0.25) is 10.0 Å². The first-order chi connectivity index (χ1) is 18.0. The van der Waals surface area contributed by atoms with Gasteiger partial charge in [0.1, 0.15) is 11.2 Å². The van der Waals surface area contributed by atoms with Crippen molar-refractivity contribution in [2.75, 3.05) is 0 Å². The van der Waals surface area contributed by atoms with Gasteiger partial charge in [0, 0.05) is 22.6 Å². The maximum atomic E-state index is 13.0. The van der Waals surface area contributed by atoms with Gasteiger partial charge in [-0.1, -0.05) is 80.4 Å². The van der Waals surface area contributed by atoms with Gasteiger partial charge < -0.3 is 15.2 Å². The third-order valence-corrected chi connectivity index (χ3v) is 7.33. The molecule has 38 heavy (non-hydrogen) atoms. The lowest BCUT2D eigenvalue weighted by Gasteiger charge is -2.37. The molecular weight excluding hydrogens is 521 g/mol. The van der Waals surface area contributed by atoms with Gasteiger partial charge in [-0.25, -0.2) is 4.79 Å². The Kier molecular flexibility index (Phi) is 8.22. The largest absolute Gasteiger partial charge is 0.508 e. The van der Waals surface area contributed by atoms with Crippen LogP contribution in [0.5, 0.6) is 5.75 Å². The number of rotatable bonds is 6. The molecule has 0 aromatic heterocycles. The predicted octanol–water partition coefficient (Wildman–Crippen LogP) is 6.90. The van der Waals surface area contributed by atoms with E-state index in [-0.39, 0.29) is 23.8 Å². The number of halogens is 2. The highest BCUT2D eigenvalue weighted by molar-refractivity contribution is 6.30. The number of phenols is 1. The van der Waals surface area contributed by atoms with E-state index < -0.39 is 23.7 Å². The highest BCUT2D eigenvalue weighted by Crippen LogP contribution is 2.51.